The highest BCUT2D eigenvalue weighted by Gasteiger charge is 2.27. The van der Waals surface area contributed by atoms with Crippen LogP contribution in [-0.4, -0.2) is 46.7 Å². The molecular formula is C10H13F3N4O3S2. The zero-order valence-electron chi connectivity index (χ0n) is 11.6. The van der Waals surface area contributed by atoms with Gasteiger partial charge >= 0.3 is 12.2 Å². The van der Waals surface area contributed by atoms with E-state index in [0.29, 0.717) is 9.53 Å². The Morgan fingerprint density at radius 2 is 2.05 bits per heavy atom. The average Bonchev–Trinajstić information content (AvgIpc) is 2.80. The molecule has 0 bridgehead atoms. The van der Waals surface area contributed by atoms with Crippen LogP contribution >= 0.6 is 23.1 Å². The van der Waals surface area contributed by atoms with Gasteiger partial charge in [0.15, 0.2) is 4.34 Å². The Hall–Kier alpha value is -1.56. The lowest BCUT2D eigenvalue weighted by molar-refractivity contribution is -0.124. The first-order valence-corrected chi connectivity index (χ1v) is 7.73. The minimum atomic E-state index is -4.53. The third kappa shape index (κ3) is 8.02. The molecule has 0 aromatic carbocycles. The maximum absolute atomic E-state index is 11.9. The Bertz CT molecular complexity index is 522. The monoisotopic (exact) mass is 358 g/mol. The molecule has 1 aromatic heterocycles. The first kappa shape index (κ1) is 18.5. The van der Waals surface area contributed by atoms with Gasteiger partial charge in [-0.15, -0.1) is 5.10 Å². The van der Waals surface area contributed by atoms with E-state index in [9.17, 15) is 22.8 Å². The van der Waals surface area contributed by atoms with Crippen LogP contribution in [0.5, 0.6) is 5.19 Å². The number of hydrogen-bond acceptors (Lipinski definition) is 7. The summed E-state index contributed by atoms with van der Waals surface area (Å²) in [6.07, 6.45) is -4.60. The van der Waals surface area contributed by atoms with E-state index in [1.54, 1.807) is 5.32 Å². The third-order valence-electron chi connectivity index (χ3n) is 1.75. The highest BCUT2D eigenvalue weighted by atomic mass is 32.2. The molecule has 22 heavy (non-hydrogen) atoms. The fourth-order valence-electron chi connectivity index (χ4n) is 1.02. The van der Waals surface area contributed by atoms with Crippen molar-refractivity contribution in [3.8, 4) is 5.19 Å². The minimum absolute atomic E-state index is 0.0635. The zero-order valence-corrected chi connectivity index (χ0v) is 13.2. The number of nitrogens with one attached hydrogen (secondary N) is 2. The Kier molecular flexibility index (Phi) is 6.87. The van der Waals surface area contributed by atoms with Gasteiger partial charge in [-0.05, 0) is 25.2 Å². The van der Waals surface area contributed by atoms with Crippen LogP contribution in [0.2, 0.25) is 0 Å². The Balaban J connectivity index is 2.31. The van der Waals surface area contributed by atoms with Crippen LogP contribution in [0, 0.1) is 0 Å². The number of carbonyl (C=O) groups is 2. The second-order valence-electron chi connectivity index (χ2n) is 4.14. The smallest absolute Gasteiger partial charge is 0.405 e. The van der Waals surface area contributed by atoms with Crippen molar-refractivity contribution >= 4 is 35.0 Å². The summed E-state index contributed by atoms with van der Waals surface area (Å²) in [7, 11) is 0. The highest BCUT2D eigenvalue weighted by Crippen LogP contribution is 2.27. The summed E-state index contributed by atoms with van der Waals surface area (Å²) in [5.74, 6) is -0.929. The third-order valence-corrected chi connectivity index (χ3v) is 3.70. The molecule has 0 aliphatic carbocycles. The van der Waals surface area contributed by atoms with Crippen molar-refractivity contribution in [3.05, 3.63) is 0 Å². The van der Waals surface area contributed by atoms with Gasteiger partial charge in [0.1, 0.15) is 6.54 Å². The molecule has 1 heterocycles. The predicted molar refractivity (Wildman–Crippen MR) is 74.0 cm³/mol. The fourth-order valence-corrected chi connectivity index (χ4v) is 2.62. The number of rotatable bonds is 6. The summed E-state index contributed by atoms with van der Waals surface area (Å²) in [4.78, 5) is 22.4. The van der Waals surface area contributed by atoms with Gasteiger partial charge in [0.25, 0.3) is 5.19 Å². The SMILES string of the molecule is CC(C)Oc1nnc(SCC(=O)NC(=O)NCC(F)(F)F)s1. The number of ether oxygens (including phenoxy) is 1. The van der Waals surface area contributed by atoms with Gasteiger partial charge < -0.3 is 10.1 Å². The van der Waals surface area contributed by atoms with Gasteiger partial charge in [0, 0.05) is 0 Å². The van der Waals surface area contributed by atoms with Crippen molar-refractivity contribution in [2.24, 2.45) is 0 Å². The molecule has 7 nitrogen and oxygen atoms in total. The number of thioether (sulfide) groups is 1. The molecular weight excluding hydrogens is 345 g/mol. The summed E-state index contributed by atoms with van der Waals surface area (Å²) in [6.45, 7) is 2.13. The second-order valence-corrected chi connectivity index (χ2v) is 6.30. The lowest BCUT2D eigenvalue weighted by atomic mass is 10.5. The first-order valence-electron chi connectivity index (χ1n) is 5.93. The van der Waals surface area contributed by atoms with Gasteiger partial charge in [0.2, 0.25) is 5.91 Å². The minimum Gasteiger partial charge on any atom is -0.466 e. The van der Waals surface area contributed by atoms with E-state index < -0.39 is 24.7 Å². The van der Waals surface area contributed by atoms with Crippen molar-refractivity contribution < 1.29 is 27.5 Å². The van der Waals surface area contributed by atoms with Crippen LogP contribution in [0.15, 0.2) is 4.34 Å². The van der Waals surface area contributed by atoms with Crippen LogP contribution in [0.4, 0.5) is 18.0 Å². The first-order chi connectivity index (χ1) is 10.2. The largest absolute Gasteiger partial charge is 0.466 e. The molecule has 0 unspecified atom stereocenters. The van der Waals surface area contributed by atoms with Gasteiger partial charge in [0.05, 0.1) is 11.9 Å². The van der Waals surface area contributed by atoms with E-state index in [1.165, 1.54) is 5.32 Å². The van der Waals surface area contributed by atoms with Crippen LogP contribution in [0.3, 0.4) is 0 Å². The van der Waals surface area contributed by atoms with E-state index in [2.05, 4.69) is 10.2 Å². The predicted octanol–water partition coefficient (Wildman–Crippen LogP) is 1.81. The average molecular weight is 358 g/mol. The van der Waals surface area contributed by atoms with Gasteiger partial charge in [-0.25, -0.2) is 4.79 Å². The second kappa shape index (κ2) is 8.17. The molecule has 3 amide bonds. The highest BCUT2D eigenvalue weighted by molar-refractivity contribution is 8.01. The number of alkyl halides is 3. The van der Waals surface area contributed by atoms with Crippen molar-refractivity contribution in [2.45, 2.75) is 30.5 Å². The molecule has 1 rings (SSSR count). The molecule has 124 valence electrons. The standard InChI is InChI=1S/C10H13F3N4O3S2/c1-5(2)20-8-16-17-9(22-8)21-3-6(18)15-7(19)14-4-10(11,12)13/h5H,3-4H2,1-2H3,(H2,14,15,18,19). The summed E-state index contributed by atoms with van der Waals surface area (Å²) in [5, 5.41) is 11.2. The lowest BCUT2D eigenvalue weighted by Crippen LogP contribution is -2.43. The number of urea groups is 1. The number of amides is 3. The van der Waals surface area contributed by atoms with Crippen LogP contribution in [0.1, 0.15) is 13.8 Å². The number of imide groups is 1. The van der Waals surface area contributed by atoms with E-state index in [1.807, 2.05) is 13.8 Å². The van der Waals surface area contributed by atoms with Crippen LogP contribution < -0.4 is 15.4 Å². The van der Waals surface area contributed by atoms with E-state index in [0.717, 1.165) is 23.1 Å². The van der Waals surface area contributed by atoms with Crippen molar-refractivity contribution in [1.82, 2.24) is 20.8 Å². The quantitative estimate of drug-likeness (QED) is 0.754. The summed E-state index contributed by atoms with van der Waals surface area (Å²) >= 11 is 2.12. The summed E-state index contributed by atoms with van der Waals surface area (Å²) < 4.78 is 41.3. The van der Waals surface area contributed by atoms with Crippen molar-refractivity contribution in [1.29, 1.82) is 0 Å². The molecule has 12 heteroatoms. The number of aromatic nitrogens is 2. The molecule has 2 N–H and O–H groups in total. The maximum atomic E-state index is 11.9. The van der Waals surface area contributed by atoms with Crippen molar-refractivity contribution in [3.63, 3.8) is 0 Å². The normalized spacial score (nSPS) is 11.4. The Labute approximate surface area is 132 Å². The fraction of sp³-hybridized carbons (Fsp3) is 0.600. The van der Waals surface area contributed by atoms with E-state index in [4.69, 9.17) is 4.74 Å². The number of hydrogen-bond donors (Lipinski definition) is 2. The molecule has 0 radical (unpaired) electrons. The van der Waals surface area contributed by atoms with Crippen LogP contribution in [-0.2, 0) is 4.79 Å². The van der Waals surface area contributed by atoms with Crippen LogP contribution in [0.25, 0.3) is 0 Å². The van der Waals surface area contributed by atoms with Gasteiger partial charge in [-0.1, -0.05) is 16.9 Å². The number of nitrogens with zero attached hydrogens (tertiary/aromatic N) is 2. The Morgan fingerprint density at radius 3 is 2.64 bits per heavy atom. The number of halogens is 3. The molecule has 0 aliphatic rings. The molecule has 0 saturated heterocycles. The zero-order chi connectivity index (χ0) is 16.8. The maximum Gasteiger partial charge on any atom is 0.405 e. The summed E-state index contributed by atoms with van der Waals surface area (Å²) in [6, 6.07) is -1.20. The van der Waals surface area contributed by atoms with Gasteiger partial charge in [-0.2, -0.15) is 13.2 Å². The molecule has 0 saturated carbocycles. The molecule has 0 fully saturated rings. The molecule has 1 aromatic rings. The molecule has 0 spiro atoms. The molecule has 0 atom stereocenters. The Morgan fingerprint density at radius 1 is 1.36 bits per heavy atom. The van der Waals surface area contributed by atoms with Gasteiger partial charge in [-0.3, -0.25) is 10.1 Å². The van der Waals surface area contributed by atoms with E-state index >= 15 is 0 Å². The van der Waals surface area contributed by atoms with Crippen molar-refractivity contribution in [2.75, 3.05) is 12.3 Å². The topological polar surface area (TPSA) is 93.2 Å². The molecule has 0 aliphatic heterocycles. The number of carbonyl (C=O) groups excluding carboxylic acids is 2. The lowest BCUT2D eigenvalue weighted by Gasteiger charge is -2.08. The van der Waals surface area contributed by atoms with E-state index in [-0.39, 0.29) is 11.9 Å². The summed E-state index contributed by atoms with van der Waals surface area (Å²) in [5.41, 5.74) is 0.